The topological polar surface area (TPSA) is 61.9 Å². The second-order valence-electron chi connectivity index (χ2n) is 8.30. The van der Waals surface area contributed by atoms with E-state index in [0.29, 0.717) is 13.1 Å². The molecule has 6 nitrogen and oxygen atoms in total. The Labute approximate surface area is 177 Å². The number of rotatable bonds is 7. The zero-order chi connectivity index (χ0) is 21.0. The lowest BCUT2D eigenvalue weighted by Crippen LogP contribution is -2.39. The van der Waals surface area contributed by atoms with Gasteiger partial charge in [-0.1, -0.05) is 30.3 Å². The molecule has 0 saturated carbocycles. The number of hydrogen-bond donors (Lipinski definition) is 1. The minimum atomic E-state index is -0.308. The van der Waals surface area contributed by atoms with Crippen molar-refractivity contribution in [3.05, 3.63) is 60.2 Å². The number of methoxy groups -OCH3 is 1. The third kappa shape index (κ3) is 4.49. The van der Waals surface area contributed by atoms with Crippen LogP contribution < -0.4 is 10.1 Å². The van der Waals surface area contributed by atoms with Gasteiger partial charge in [0, 0.05) is 25.3 Å². The Kier molecular flexibility index (Phi) is 6.04. The van der Waals surface area contributed by atoms with Crippen LogP contribution in [-0.4, -0.2) is 61.4 Å². The molecular formula is C24H29N3O3. The van der Waals surface area contributed by atoms with Crippen LogP contribution in [0.3, 0.4) is 0 Å². The molecule has 2 fully saturated rings. The SMILES string of the molecule is COc1ccc(NC(=O)CN2CCC3(CCN(CCc4ccccc4)C3=O)C2)cc1. The molecule has 1 spiro atoms. The Morgan fingerprint density at radius 1 is 1.07 bits per heavy atom. The van der Waals surface area contributed by atoms with E-state index < -0.39 is 0 Å². The normalized spacial score (nSPS) is 21.4. The van der Waals surface area contributed by atoms with Gasteiger partial charge >= 0.3 is 0 Å². The summed E-state index contributed by atoms with van der Waals surface area (Å²) >= 11 is 0. The highest BCUT2D eigenvalue weighted by Gasteiger charge is 2.50. The molecule has 6 heteroatoms. The molecule has 2 aliphatic heterocycles. The number of likely N-dealkylation sites (tertiary alicyclic amines) is 2. The van der Waals surface area contributed by atoms with E-state index in [1.807, 2.05) is 47.4 Å². The molecule has 2 amide bonds. The van der Waals surface area contributed by atoms with E-state index in [-0.39, 0.29) is 17.2 Å². The molecule has 1 unspecified atom stereocenters. The summed E-state index contributed by atoms with van der Waals surface area (Å²) in [6.45, 7) is 3.35. The Hall–Kier alpha value is -2.86. The molecular weight excluding hydrogens is 378 g/mol. The Balaban J connectivity index is 1.27. The van der Waals surface area contributed by atoms with Gasteiger partial charge in [0.2, 0.25) is 11.8 Å². The van der Waals surface area contributed by atoms with Crippen molar-refractivity contribution in [2.45, 2.75) is 19.3 Å². The van der Waals surface area contributed by atoms with E-state index in [1.54, 1.807) is 7.11 Å². The zero-order valence-electron chi connectivity index (χ0n) is 17.5. The van der Waals surface area contributed by atoms with Gasteiger partial charge in [0.1, 0.15) is 5.75 Å². The zero-order valence-corrected chi connectivity index (χ0v) is 17.5. The molecule has 1 N–H and O–H groups in total. The van der Waals surface area contributed by atoms with E-state index in [2.05, 4.69) is 22.3 Å². The van der Waals surface area contributed by atoms with Gasteiger partial charge in [-0.2, -0.15) is 0 Å². The quantitative estimate of drug-likeness (QED) is 0.767. The van der Waals surface area contributed by atoms with Crippen LogP contribution in [0.1, 0.15) is 18.4 Å². The van der Waals surface area contributed by atoms with Gasteiger partial charge in [0.05, 0.1) is 19.1 Å². The predicted octanol–water partition coefficient (Wildman–Crippen LogP) is 2.80. The number of carbonyl (C=O) groups excluding carboxylic acids is 2. The van der Waals surface area contributed by atoms with E-state index in [0.717, 1.165) is 50.3 Å². The molecule has 158 valence electrons. The highest BCUT2D eigenvalue weighted by atomic mass is 16.5. The van der Waals surface area contributed by atoms with Crippen LogP contribution >= 0.6 is 0 Å². The summed E-state index contributed by atoms with van der Waals surface area (Å²) in [5.41, 5.74) is 1.70. The van der Waals surface area contributed by atoms with Crippen molar-refractivity contribution in [3.63, 3.8) is 0 Å². The summed E-state index contributed by atoms with van der Waals surface area (Å²) in [7, 11) is 1.61. The second-order valence-corrected chi connectivity index (χ2v) is 8.30. The average Bonchev–Trinajstić information content (AvgIpc) is 3.31. The molecule has 4 rings (SSSR count). The maximum absolute atomic E-state index is 13.1. The van der Waals surface area contributed by atoms with Crippen molar-refractivity contribution >= 4 is 17.5 Å². The van der Waals surface area contributed by atoms with Crippen molar-refractivity contribution in [1.82, 2.24) is 9.80 Å². The van der Waals surface area contributed by atoms with Gasteiger partial charge in [0.25, 0.3) is 0 Å². The first kappa shape index (κ1) is 20.4. The highest BCUT2D eigenvalue weighted by molar-refractivity contribution is 5.92. The number of carbonyl (C=O) groups is 2. The van der Waals surface area contributed by atoms with Crippen molar-refractivity contribution in [2.75, 3.05) is 45.2 Å². The minimum Gasteiger partial charge on any atom is -0.497 e. The van der Waals surface area contributed by atoms with E-state index in [1.165, 1.54) is 5.56 Å². The van der Waals surface area contributed by atoms with E-state index >= 15 is 0 Å². The lowest BCUT2D eigenvalue weighted by molar-refractivity contribution is -0.135. The predicted molar refractivity (Wildman–Crippen MR) is 116 cm³/mol. The van der Waals surface area contributed by atoms with Crippen LogP contribution in [0.4, 0.5) is 5.69 Å². The van der Waals surface area contributed by atoms with Gasteiger partial charge < -0.3 is 15.0 Å². The maximum Gasteiger partial charge on any atom is 0.238 e. The third-order valence-electron chi connectivity index (χ3n) is 6.29. The average molecular weight is 408 g/mol. The summed E-state index contributed by atoms with van der Waals surface area (Å²) in [6.07, 6.45) is 2.61. The number of anilines is 1. The fourth-order valence-electron chi connectivity index (χ4n) is 4.56. The molecule has 1 atom stereocenters. The van der Waals surface area contributed by atoms with Crippen molar-refractivity contribution < 1.29 is 14.3 Å². The smallest absolute Gasteiger partial charge is 0.238 e. The van der Waals surface area contributed by atoms with Crippen LogP contribution in [0.25, 0.3) is 0 Å². The second kappa shape index (κ2) is 8.88. The molecule has 0 aliphatic carbocycles. The summed E-state index contributed by atoms with van der Waals surface area (Å²) in [6, 6.07) is 17.6. The molecule has 30 heavy (non-hydrogen) atoms. The van der Waals surface area contributed by atoms with Crippen LogP contribution in [0.2, 0.25) is 0 Å². The summed E-state index contributed by atoms with van der Waals surface area (Å²) in [4.78, 5) is 29.7. The van der Waals surface area contributed by atoms with Gasteiger partial charge in [-0.15, -0.1) is 0 Å². The van der Waals surface area contributed by atoms with E-state index in [4.69, 9.17) is 4.74 Å². The largest absolute Gasteiger partial charge is 0.497 e. The Bertz CT molecular complexity index is 884. The summed E-state index contributed by atoms with van der Waals surface area (Å²) in [5.74, 6) is 0.964. The summed E-state index contributed by atoms with van der Waals surface area (Å²) in [5, 5.41) is 2.93. The number of benzene rings is 2. The highest BCUT2D eigenvalue weighted by Crippen LogP contribution is 2.40. The Morgan fingerprint density at radius 3 is 2.53 bits per heavy atom. The van der Waals surface area contributed by atoms with Crippen molar-refractivity contribution in [1.29, 1.82) is 0 Å². The molecule has 2 heterocycles. The first-order valence-electron chi connectivity index (χ1n) is 10.6. The van der Waals surface area contributed by atoms with Gasteiger partial charge in [-0.25, -0.2) is 0 Å². The fraction of sp³-hybridized carbons (Fsp3) is 0.417. The molecule has 0 bridgehead atoms. The molecule has 0 aromatic heterocycles. The summed E-state index contributed by atoms with van der Waals surface area (Å²) < 4.78 is 5.14. The molecule has 2 saturated heterocycles. The monoisotopic (exact) mass is 407 g/mol. The fourth-order valence-corrected chi connectivity index (χ4v) is 4.56. The lowest BCUT2D eigenvalue weighted by atomic mass is 9.85. The van der Waals surface area contributed by atoms with Crippen LogP contribution in [0, 0.1) is 5.41 Å². The molecule has 2 aromatic rings. The van der Waals surface area contributed by atoms with Gasteiger partial charge in [-0.05, 0) is 55.6 Å². The maximum atomic E-state index is 13.1. The van der Waals surface area contributed by atoms with Gasteiger partial charge in [-0.3, -0.25) is 14.5 Å². The number of nitrogens with one attached hydrogen (secondary N) is 1. The third-order valence-corrected chi connectivity index (χ3v) is 6.29. The standard InChI is InChI=1S/C24H29N3O3/c1-30-21-9-7-20(8-10-21)25-22(28)17-26-15-12-24(18-26)13-16-27(23(24)29)14-11-19-5-3-2-4-6-19/h2-10H,11-18H2,1H3,(H,25,28). The van der Waals surface area contributed by atoms with Gasteiger partial charge in [0.15, 0.2) is 0 Å². The Morgan fingerprint density at radius 2 is 1.80 bits per heavy atom. The molecule has 2 aromatic carbocycles. The molecule has 0 radical (unpaired) electrons. The van der Waals surface area contributed by atoms with Crippen LogP contribution in [0.15, 0.2) is 54.6 Å². The lowest BCUT2D eigenvalue weighted by Gasteiger charge is -2.23. The molecule has 2 aliphatic rings. The number of nitrogens with zero attached hydrogens (tertiary/aromatic N) is 2. The van der Waals surface area contributed by atoms with Crippen molar-refractivity contribution in [3.8, 4) is 5.75 Å². The number of hydrogen-bond acceptors (Lipinski definition) is 4. The minimum absolute atomic E-state index is 0.0522. The van der Waals surface area contributed by atoms with E-state index in [9.17, 15) is 9.59 Å². The number of ether oxygens (including phenoxy) is 1. The van der Waals surface area contributed by atoms with Crippen LogP contribution in [-0.2, 0) is 16.0 Å². The van der Waals surface area contributed by atoms with Crippen LogP contribution in [0.5, 0.6) is 5.75 Å². The number of amides is 2. The first-order valence-corrected chi connectivity index (χ1v) is 10.6. The van der Waals surface area contributed by atoms with Crippen molar-refractivity contribution in [2.24, 2.45) is 5.41 Å². The first-order chi connectivity index (χ1) is 14.6.